The lowest BCUT2D eigenvalue weighted by Crippen LogP contribution is -2.59. The van der Waals surface area contributed by atoms with Crippen LogP contribution in [0.3, 0.4) is 0 Å². The maximum absolute atomic E-state index is 12.1. The van der Waals surface area contributed by atoms with E-state index in [-0.39, 0.29) is 34.9 Å². The molecule has 24 heavy (non-hydrogen) atoms. The number of fused-ring (bicyclic) bond motifs is 1. The van der Waals surface area contributed by atoms with Crippen LogP contribution < -0.4 is 0 Å². The summed E-state index contributed by atoms with van der Waals surface area (Å²) in [6.45, 7) is 1.16. The molecule has 7 nitrogen and oxygen atoms in total. The van der Waals surface area contributed by atoms with Gasteiger partial charge in [-0.15, -0.1) is 0 Å². The Morgan fingerprint density at radius 2 is 1.92 bits per heavy atom. The zero-order valence-corrected chi connectivity index (χ0v) is 15.5. The van der Waals surface area contributed by atoms with Gasteiger partial charge in [0.2, 0.25) is 10.0 Å². The third-order valence-corrected chi connectivity index (χ3v) is 7.87. The van der Waals surface area contributed by atoms with E-state index >= 15 is 0 Å². The largest absolute Gasteiger partial charge is 0.506 e. The average Bonchev–Trinajstić information content (AvgIpc) is 2.77. The number of halogens is 1. The summed E-state index contributed by atoms with van der Waals surface area (Å²) in [7, 11) is -6.73. The molecule has 134 valence electrons. The molecular formula is C14H19ClN2O5S2. The zero-order chi connectivity index (χ0) is 17.7. The lowest BCUT2D eigenvalue weighted by Gasteiger charge is -2.42. The van der Waals surface area contributed by atoms with Gasteiger partial charge in [-0.25, -0.2) is 16.8 Å². The van der Waals surface area contributed by atoms with E-state index in [4.69, 9.17) is 11.6 Å². The second-order valence-corrected chi connectivity index (χ2v) is 10.8. The Kier molecular flexibility index (Phi) is 4.59. The summed E-state index contributed by atoms with van der Waals surface area (Å²) in [5.74, 6) is -0.198. The molecule has 0 saturated carbocycles. The molecule has 2 aliphatic heterocycles. The third-order valence-electron chi connectivity index (χ3n) is 4.56. The van der Waals surface area contributed by atoms with Gasteiger partial charge in [0.25, 0.3) is 0 Å². The predicted molar refractivity (Wildman–Crippen MR) is 91.3 cm³/mol. The van der Waals surface area contributed by atoms with Gasteiger partial charge in [0.05, 0.1) is 28.8 Å². The first-order chi connectivity index (χ1) is 11.1. The molecule has 3 rings (SSSR count). The molecule has 10 heteroatoms. The van der Waals surface area contributed by atoms with Gasteiger partial charge in [-0.05, 0) is 17.7 Å². The van der Waals surface area contributed by atoms with Crippen molar-refractivity contribution in [3.8, 4) is 5.75 Å². The number of phenols is 1. The normalized spacial score (nSPS) is 27.9. The van der Waals surface area contributed by atoms with Crippen LogP contribution in [-0.4, -0.2) is 74.1 Å². The molecule has 2 saturated heterocycles. The van der Waals surface area contributed by atoms with Crippen molar-refractivity contribution in [3.63, 3.8) is 0 Å². The number of hydrogen-bond acceptors (Lipinski definition) is 6. The van der Waals surface area contributed by atoms with Gasteiger partial charge in [-0.1, -0.05) is 17.7 Å². The molecular weight excluding hydrogens is 376 g/mol. The average molecular weight is 395 g/mol. The van der Waals surface area contributed by atoms with Crippen molar-refractivity contribution in [2.75, 3.05) is 30.9 Å². The molecule has 0 amide bonds. The molecule has 0 bridgehead atoms. The maximum Gasteiger partial charge on any atom is 0.211 e. The fourth-order valence-corrected chi connectivity index (χ4v) is 6.91. The lowest BCUT2D eigenvalue weighted by molar-refractivity contribution is 0.0895. The minimum atomic E-state index is -3.45. The summed E-state index contributed by atoms with van der Waals surface area (Å²) >= 11 is 5.92. The number of sulfone groups is 1. The molecule has 0 aromatic heterocycles. The summed E-state index contributed by atoms with van der Waals surface area (Å²) < 4.78 is 49.3. The summed E-state index contributed by atoms with van der Waals surface area (Å²) in [4.78, 5) is 1.99. The summed E-state index contributed by atoms with van der Waals surface area (Å²) in [6.07, 6.45) is 1.12. The first kappa shape index (κ1) is 17.9. The molecule has 2 heterocycles. The number of phenolic OH excluding ortho intramolecular Hbond substituents is 1. The first-order valence-electron chi connectivity index (χ1n) is 7.45. The molecule has 2 atom stereocenters. The summed E-state index contributed by atoms with van der Waals surface area (Å²) in [6, 6.07) is 3.94. The smallest absolute Gasteiger partial charge is 0.211 e. The number of nitrogens with zero attached hydrogens (tertiary/aromatic N) is 2. The molecule has 1 N–H and O–H groups in total. The standard InChI is InChI=1S/C14H19ClN2O5S2/c1-23(19,20)17-5-4-16(12-8-24(21,22)9-13(12)17)7-10-2-3-14(18)11(15)6-10/h2-3,6,12-13,18H,4-5,7-9H2,1H3/t12-,13+/m1/s1. The quantitative estimate of drug-likeness (QED) is 0.791. The zero-order valence-electron chi connectivity index (χ0n) is 13.1. The number of benzene rings is 1. The number of hydrogen-bond donors (Lipinski definition) is 1. The van der Waals surface area contributed by atoms with E-state index in [1.807, 2.05) is 4.90 Å². The Balaban J connectivity index is 1.87. The SMILES string of the molecule is CS(=O)(=O)N1CCN(Cc2ccc(O)c(Cl)c2)[C@@H]2CS(=O)(=O)C[C@@H]21. The van der Waals surface area contributed by atoms with Crippen LogP contribution in [0, 0.1) is 0 Å². The Hall–Kier alpha value is -0.870. The maximum atomic E-state index is 12.1. The molecule has 2 fully saturated rings. The Morgan fingerprint density at radius 1 is 1.25 bits per heavy atom. The highest BCUT2D eigenvalue weighted by Crippen LogP contribution is 2.31. The number of piperazine rings is 1. The number of sulfonamides is 1. The van der Waals surface area contributed by atoms with Crippen molar-refractivity contribution in [1.29, 1.82) is 0 Å². The monoisotopic (exact) mass is 394 g/mol. The van der Waals surface area contributed by atoms with Crippen molar-refractivity contribution in [2.24, 2.45) is 0 Å². The molecule has 1 aromatic rings. The molecule has 1 aromatic carbocycles. The van der Waals surface area contributed by atoms with Gasteiger partial charge in [-0.2, -0.15) is 4.31 Å². The van der Waals surface area contributed by atoms with E-state index in [0.29, 0.717) is 13.1 Å². The lowest BCUT2D eigenvalue weighted by atomic mass is 10.1. The van der Waals surface area contributed by atoms with Gasteiger partial charge >= 0.3 is 0 Å². The van der Waals surface area contributed by atoms with Crippen LogP contribution >= 0.6 is 11.6 Å². The minimum Gasteiger partial charge on any atom is -0.506 e. The van der Waals surface area contributed by atoms with Gasteiger partial charge in [0.1, 0.15) is 5.75 Å². The van der Waals surface area contributed by atoms with Crippen LogP contribution in [0.15, 0.2) is 18.2 Å². The fraction of sp³-hybridized carbons (Fsp3) is 0.571. The van der Waals surface area contributed by atoms with E-state index in [2.05, 4.69) is 0 Å². The van der Waals surface area contributed by atoms with Crippen LogP contribution in [0.25, 0.3) is 0 Å². The van der Waals surface area contributed by atoms with E-state index in [1.165, 1.54) is 10.4 Å². The Bertz CT molecular complexity index is 856. The molecule has 0 spiro atoms. The van der Waals surface area contributed by atoms with Gasteiger partial charge in [-0.3, -0.25) is 4.90 Å². The van der Waals surface area contributed by atoms with E-state index in [0.717, 1.165) is 11.8 Å². The number of rotatable bonds is 3. The van der Waals surface area contributed by atoms with Crippen molar-refractivity contribution in [1.82, 2.24) is 9.21 Å². The Labute approximate surface area is 146 Å². The van der Waals surface area contributed by atoms with E-state index in [1.54, 1.807) is 12.1 Å². The van der Waals surface area contributed by atoms with Crippen LogP contribution in [0.5, 0.6) is 5.75 Å². The first-order valence-corrected chi connectivity index (χ1v) is 11.5. The van der Waals surface area contributed by atoms with E-state index in [9.17, 15) is 21.9 Å². The highest BCUT2D eigenvalue weighted by molar-refractivity contribution is 7.92. The third kappa shape index (κ3) is 3.55. The molecule has 0 unspecified atom stereocenters. The van der Waals surface area contributed by atoms with Crippen molar-refractivity contribution in [2.45, 2.75) is 18.6 Å². The van der Waals surface area contributed by atoms with Gasteiger partial charge < -0.3 is 5.11 Å². The van der Waals surface area contributed by atoms with Crippen molar-refractivity contribution in [3.05, 3.63) is 28.8 Å². The van der Waals surface area contributed by atoms with Crippen LogP contribution in [0.1, 0.15) is 5.56 Å². The fourth-order valence-electron chi connectivity index (χ4n) is 3.48. The van der Waals surface area contributed by atoms with Crippen molar-refractivity contribution >= 4 is 31.5 Å². The Morgan fingerprint density at radius 3 is 2.54 bits per heavy atom. The van der Waals surface area contributed by atoms with Crippen LogP contribution in [-0.2, 0) is 26.4 Å². The number of aromatic hydroxyl groups is 1. The van der Waals surface area contributed by atoms with Gasteiger partial charge in [0.15, 0.2) is 9.84 Å². The van der Waals surface area contributed by atoms with Crippen LogP contribution in [0.4, 0.5) is 0 Å². The highest BCUT2D eigenvalue weighted by Gasteiger charge is 2.49. The minimum absolute atomic E-state index is 0.0105. The second kappa shape index (κ2) is 6.14. The molecule has 0 aliphatic carbocycles. The summed E-state index contributed by atoms with van der Waals surface area (Å²) in [5.41, 5.74) is 0.841. The van der Waals surface area contributed by atoms with Gasteiger partial charge in [0, 0.05) is 25.7 Å². The molecule has 2 aliphatic rings. The predicted octanol–water partition coefficient (Wildman–Crippen LogP) is 0.288. The van der Waals surface area contributed by atoms with Crippen LogP contribution in [0.2, 0.25) is 5.02 Å². The second-order valence-electron chi connectivity index (χ2n) is 6.34. The molecule has 0 radical (unpaired) electrons. The summed E-state index contributed by atoms with van der Waals surface area (Å²) in [5, 5.41) is 9.73. The van der Waals surface area contributed by atoms with Crippen molar-refractivity contribution < 1.29 is 21.9 Å². The topological polar surface area (TPSA) is 95.0 Å². The highest BCUT2D eigenvalue weighted by atomic mass is 35.5. The van der Waals surface area contributed by atoms with E-state index < -0.39 is 25.9 Å².